The predicted molar refractivity (Wildman–Crippen MR) is 86.8 cm³/mol. The minimum Gasteiger partial charge on any atom is -0.508 e. The molecule has 4 heteroatoms. The summed E-state index contributed by atoms with van der Waals surface area (Å²) < 4.78 is 0. The second-order valence-corrected chi connectivity index (χ2v) is 4.67. The summed E-state index contributed by atoms with van der Waals surface area (Å²) in [6.45, 7) is 0. The van der Waals surface area contributed by atoms with Crippen molar-refractivity contribution in [2.75, 3.05) is 0 Å². The molecule has 0 aliphatic heterocycles. The Morgan fingerprint density at radius 3 is 1.09 bits per heavy atom. The van der Waals surface area contributed by atoms with Crippen molar-refractivity contribution in [3.8, 4) is 23.0 Å². The Balaban J connectivity index is 1.97. The highest BCUT2D eigenvalue weighted by molar-refractivity contribution is 5.58. The zero-order valence-electron chi connectivity index (χ0n) is 11.7. The zero-order chi connectivity index (χ0) is 15.9. The summed E-state index contributed by atoms with van der Waals surface area (Å²) in [5.41, 5.74) is 1.37. The maximum Gasteiger partial charge on any atom is 0.119 e. The first-order chi connectivity index (χ1) is 10.5. The smallest absolute Gasteiger partial charge is 0.119 e. The molecule has 2 aromatic carbocycles. The van der Waals surface area contributed by atoms with Crippen molar-refractivity contribution in [2.24, 2.45) is 0 Å². The fourth-order valence-electron chi connectivity index (χ4n) is 1.89. The molecule has 0 heterocycles. The van der Waals surface area contributed by atoms with E-state index in [1.54, 1.807) is 36.5 Å². The second-order valence-electron chi connectivity index (χ2n) is 4.67. The van der Waals surface area contributed by atoms with Crippen molar-refractivity contribution in [3.63, 3.8) is 0 Å². The van der Waals surface area contributed by atoms with Crippen LogP contribution in [0.25, 0.3) is 12.2 Å². The van der Waals surface area contributed by atoms with Crippen LogP contribution < -0.4 is 0 Å². The number of allylic oxidation sites excluding steroid dienone is 4. The maximum atomic E-state index is 9.34. The van der Waals surface area contributed by atoms with Crippen LogP contribution in [0.5, 0.6) is 23.0 Å². The zero-order valence-corrected chi connectivity index (χ0v) is 11.7. The summed E-state index contributed by atoms with van der Waals surface area (Å²) in [5, 5.41) is 37.4. The van der Waals surface area contributed by atoms with E-state index in [-0.39, 0.29) is 23.0 Å². The molecule has 0 saturated carbocycles. The van der Waals surface area contributed by atoms with E-state index in [9.17, 15) is 20.4 Å². The van der Waals surface area contributed by atoms with E-state index in [0.717, 1.165) is 0 Å². The molecule has 2 rings (SSSR count). The van der Waals surface area contributed by atoms with Crippen molar-refractivity contribution >= 4 is 12.2 Å². The predicted octanol–water partition coefficient (Wildman–Crippen LogP) is 3.79. The van der Waals surface area contributed by atoms with Crippen LogP contribution in [-0.4, -0.2) is 20.4 Å². The number of phenols is 4. The molecule has 22 heavy (non-hydrogen) atoms. The highest BCUT2D eigenvalue weighted by Crippen LogP contribution is 2.22. The molecule has 0 aromatic heterocycles. The third kappa shape index (κ3) is 4.76. The summed E-state index contributed by atoms with van der Waals surface area (Å²) in [4.78, 5) is 0. The third-order valence-corrected chi connectivity index (χ3v) is 2.76. The van der Waals surface area contributed by atoms with E-state index < -0.39 is 0 Å². The minimum absolute atomic E-state index is 0.00668. The van der Waals surface area contributed by atoms with Crippen molar-refractivity contribution in [2.45, 2.75) is 0 Å². The Hall–Kier alpha value is -3.14. The summed E-state index contributed by atoms with van der Waals surface area (Å²) in [6.07, 6.45) is 10.6. The number of benzene rings is 2. The molecule has 0 amide bonds. The summed E-state index contributed by atoms with van der Waals surface area (Å²) in [6, 6.07) is 8.68. The lowest BCUT2D eigenvalue weighted by molar-refractivity contribution is 0.449. The van der Waals surface area contributed by atoms with Crippen LogP contribution >= 0.6 is 0 Å². The third-order valence-electron chi connectivity index (χ3n) is 2.76. The van der Waals surface area contributed by atoms with Crippen LogP contribution in [0.1, 0.15) is 11.1 Å². The Bertz CT molecular complexity index is 639. The van der Waals surface area contributed by atoms with Gasteiger partial charge >= 0.3 is 0 Å². The minimum atomic E-state index is 0.00668. The van der Waals surface area contributed by atoms with E-state index in [1.165, 1.54) is 36.4 Å². The van der Waals surface area contributed by atoms with Crippen molar-refractivity contribution < 1.29 is 20.4 Å². The van der Waals surface area contributed by atoms with Crippen LogP contribution in [0.2, 0.25) is 0 Å². The Kier molecular flexibility index (Phi) is 4.88. The highest BCUT2D eigenvalue weighted by atomic mass is 16.3. The van der Waals surface area contributed by atoms with Gasteiger partial charge in [-0.1, -0.05) is 36.5 Å². The largest absolute Gasteiger partial charge is 0.508 e. The number of hydrogen-bond acceptors (Lipinski definition) is 4. The Morgan fingerprint density at radius 1 is 0.455 bits per heavy atom. The average molecular weight is 296 g/mol. The van der Waals surface area contributed by atoms with Gasteiger partial charge in [0.2, 0.25) is 0 Å². The van der Waals surface area contributed by atoms with Gasteiger partial charge in [-0.3, -0.25) is 0 Å². The van der Waals surface area contributed by atoms with Crippen LogP contribution in [0.15, 0.2) is 60.7 Å². The number of rotatable bonds is 4. The van der Waals surface area contributed by atoms with E-state index in [2.05, 4.69) is 0 Å². The van der Waals surface area contributed by atoms with Crippen LogP contribution in [-0.2, 0) is 0 Å². The molecule has 0 aliphatic carbocycles. The van der Waals surface area contributed by atoms with Gasteiger partial charge in [0.1, 0.15) is 23.0 Å². The second kappa shape index (κ2) is 7.04. The summed E-state index contributed by atoms with van der Waals surface area (Å²) in [7, 11) is 0. The van der Waals surface area contributed by atoms with Gasteiger partial charge in [0.05, 0.1) is 0 Å². The van der Waals surface area contributed by atoms with Crippen molar-refractivity contribution in [3.05, 3.63) is 71.8 Å². The van der Waals surface area contributed by atoms with Crippen molar-refractivity contribution in [1.82, 2.24) is 0 Å². The van der Waals surface area contributed by atoms with E-state index >= 15 is 0 Å². The monoisotopic (exact) mass is 296 g/mol. The standard InChI is InChI=1S/C18H16O4/c19-15-7-13(8-16(20)11-15)5-3-1-2-4-6-14-9-17(21)12-18(22)10-14/h1-12,19-22H/b2-1+,5-3+,6-4+. The topological polar surface area (TPSA) is 80.9 Å². The maximum absolute atomic E-state index is 9.34. The fourth-order valence-corrected chi connectivity index (χ4v) is 1.89. The molecule has 0 fully saturated rings. The fraction of sp³-hybridized carbons (Fsp3) is 0. The Morgan fingerprint density at radius 2 is 0.773 bits per heavy atom. The first-order valence-corrected chi connectivity index (χ1v) is 6.60. The molecule has 0 unspecified atom stereocenters. The average Bonchev–Trinajstić information content (AvgIpc) is 2.40. The molecule has 0 radical (unpaired) electrons. The highest BCUT2D eigenvalue weighted by Gasteiger charge is 1.95. The molecule has 0 aliphatic rings. The molecule has 4 N–H and O–H groups in total. The van der Waals surface area contributed by atoms with Gasteiger partial charge in [-0.2, -0.15) is 0 Å². The van der Waals surface area contributed by atoms with Crippen LogP contribution in [0.3, 0.4) is 0 Å². The van der Waals surface area contributed by atoms with Gasteiger partial charge in [0, 0.05) is 12.1 Å². The van der Waals surface area contributed by atoms with Gasteiger partial charge < -0.3 is 20.4 Å². The summed E-state index contributed by atoms with van der Waals surface area (Å²) >= 11 is 0. The SMILES string of the molecule is Oc1cc(O)cc(/C=C/C=C/C=C/c2cc(O)cc(O)c2)c1. The van der Waals surface area contributed by atoms with E-state index in [4.69, 9.17) is 0 Å². The van der Waals surface area contributed by atoms with Gasteiger partial charge in [-0.05, 0) is 35.4 Å². The molecule has 0 saturated heterocycles. The molecule has 4 nitrogen and oxygen atoms in total. The molecule has 0 atom stereocenters. The molecule has 0 bridgehead atoms. The number of aromatic hydroxyl groups is 4. The normalized spacial score (nSPS) is 11.8. The number of phenolic OH excluding ortho intramolecular Hbond substituents is 4. The van der Waals surface area contributed by atoms with Gasteiger partial charge in [0.15, 0.2) is 0 Å². The van der Waals surface area contributed by atoms with E-state index in [1.807, 2.05) is 0 Å². The lowest BCUT2D eigenvalue weighted by atomic mass is 10.1. The summed E-state index contributed by atoms with van der Waals surface area (Å²) in [5.74, 6) is 0.0267. The van der Waals surface area contributed by atoms with Crippen LogP contribution in [0, 0.1) is 0 Å². The number of hydrogen-bond donors (Lipinski definition) is 4. The molecule has 112 valence electrons. The molecule has 0 spiro atoms. The van der Waals surface area contributed by atoms with Gasteiger partial charge in [0.25, 0.3) is 0 Å². The lowest BCUT2D eigenvalue weighted by Gasteiger charge is -1.97. The van der Waals surface area contributed by atoms with Crippen LogP contribution in [0.4, 0.5) is 0 Å². The van der Waals surface area contributed by atoms with E-state index in [0.29, 0.717) is 11.1 Å². The first kappa shape index (κ1) is 15.3. The van der Waals surface area contributed by atoms with Crippen molar-refractivity contribution in [1.29, 1.82) is 0 Å². The first-order valence-electron chi connectivity index (χ1n) is 6.60. The van der Waals surface area contributed by atoms with Gasteiger partial charge in [-0.25, -0.2) is 0 Å². The molecular weight excluding hydrogens is 280 g/mol. The molecular formula is C18H16O4. The van der Waals surface area contributed by atoms with Gasteiger partial charge in [-0.15, -0.1) is 0 Å². The molecule has 2 aromatic rings. The Labute approximate surface area is 128 Å². The lowest BCUT2D eigenvalue weighted by Crippen LogP contribution is -1.72. The quantitative estimate of drug-likeness (QED) is 0.647.